The van der Waals surface area contributed by atoms with E-state index in [0.717, 1.165) is 36.9 Å². The molecule has 0 aliphatic heterocycles. The highest BCUT2D eigenvalue weighted by atomic mass is 16.3. The fourth-order valence-corrected chi connectivity index (χ4v) is 4.67. The van der Waals surface area contributed by atoms with Crippen molar-refractivity contribution in [2.45, 2.75) is 25.7 Å². The molecule has 0 fully saturated rings. The van der Waals surface area contributed by atoms with Crippen LogP contribution in [0.1, 0.15) is 22.3 Å². The van der Waals surface area contributed by atoms with Crippen LogP contribution in [0.2, 0.25) is 0 Å². The number of phenolic OH excluding ortho intramolecular Hbond substituents is 1. The summed E-state index contributed by atoms with van der Waals surface area (Å²) < 4.78 is 0. The van der Waals surface area contributed by atoms with E-state index in [1.165, 1.54) is 22.3 Å². The summed E-state index contributed by atoms with van der Waals surface area (Å²) in [7, 11) is 0. The van der Waals surface area contributed by atoms with Crippen molar-refractivity contribution in [3.05, 3.63) is 83.0 Å². The van der Waals surface area contributed by atoms with Crippen LogP contribution < -0.4 is 0 Å². The van der Waals surface area contributed by atoms with Crippen LogP contribution in [-0.4, -0.2) is 10.1 Å². The molecule has 1 heterocycles. The summed E-state index contributed by atoms with van der Waals surface area (Å²) >= 11 is 0. The van der Waals surface area contributed by atoms with E-state index < -0.39 is 0 Å². The Bertz CT molecular complexity index is 919. The average Bonchev–Trinajstić information content (AvgIpc) is 3.13. The van der Waals surface area contributed by atoms with Crippen molar-refractivity contribution in [3.63, 3.8) is 0 Å². The highest BCUT2D eigenvalue weighted by Crippen LogP contribution is 2.49. The smallest absolute Gasteiger partial charge is 0.124 e. The third kappa shape index (κ3) is 1.99. The van der Waals surface area contributed by atoms with Crippen LogP contribution in [-0.2, 0) is 25.7 Å². The van der Waals surface area contributed by atoms with Crippen LogP contribution in [0.15, 0.2) is 60.8 Å². The number of pyridine rings is 1. The third-order valence-electron chi connectivity index (χ3n) is 5.68. The molecule has 3 aromatic rings. The van der Waals surface area contributed by atoms with Crippen LogP contribution >= 0.6 is 0 Å². The second-order valence-corrected chi connectivity index (χ2v) is 7.29. The molecule has 5 rings (SSSR count). The van der Waals surface area contributed by atoms with Crippen LogP contribution in [0, 0.1) is 5.41 Å². The number of aromatic hydroxyl groups is 1. The number of aromatic nitrogens is 1. The van der Waals surface area contributed by atoms with Gasteiger partial charge in [0, 0.05) is 11.8 Å². The molecule has 118 valence electrons. The van der Waals surface area contributed by atoms with Gasteiger partial charge in [-0.05, 0) is 71.6 Å². The van der Waals surface area contributed by atoms with E-state index in [-0.39, 0.29) is 0 Å². The summed E-state index contributed by atoms with van der Waals surface area (Å²) in [4.78, 5) is 4.63. The summed E-state index contributed by atoms with van der Waals surface area (Å²) in [5.41, 5.74) is 7.83. The lowest BCUT2D eigenvalue weighted by molar-refractivity contribution is 0.326. The molecule has 0 atom stereocenters. The lowest BCUT2D eigenvalue weighted by Crippen LogP contribution is -2.21. The number of para-hydroxylation sites is 1. The number of fused-ring (bicyclic) bond motifs is 2. The van der Waals surface area contributed by atoms with Crippen LogP contribution in [0.25, 0.3) is 11.3 Å². The second-order valence-electron chi connectivity index (χ2n) is 7.29. The van der Waals surface area contributed by atoms with Gasteiger partial charge in [-0.2, -0.15) is 0 Å². The first-order chi connectivity index (χ1) is 11.7. The van der Waals surface area contributed by atoms with Crippen molar-refractivity contribution < 1.29 is 5.11 Å². The molecule has 0 radical (unpaired) electrons. The van der Waals surface area contributed by atoms with E-state index in [9.17, 15) is 5.11 Å². The van der Waals surface area contributed by atoms with Gasteiger partial charge in [-0.25, -0.2) is 0 Å². The second kappa shape index (κ2) is 4.94. The van der Waals surface area contributed by atoms with Crippen molar-refractivity contribution in [2.24, 2.45) is 5.41 Å². The Labute approximate surface area is 141 Å². The van der Waals surface area contributed by atoms with Crippen LogP contribution in [0.5, 0.6) is 5.75 Å². The Morgan fingerprint density at radius 2 is 1.42 bits per heavy atom. The predicted octanol–water partition coefficient (Wildman–Crippen LogP) is 4.34. The summed E-state index contributed by atoms with van der Waals surface area (Å²) in [6.45, 7) is 0. The molecule has 0 saturated heterocycles. The first-order valence-corrected chi connectivity index (χ1v) is 8.56. The Hall–Kier alpha value is -2.61. The first kappa shape index (κ1) is 13.8. The topological polar surface area (TPSA) is 33.1 Å². The molecular weight excluding hydrogens is 294 g/mol. The number of phenols is 1. The standard InChI is InChI=1S/C22H19NO/c24-20-8-4-3-7-18(20)21-19-14-22(13-17(19)9-10-23-21)11-15-5-1-2-6-16(15)12-22/h1-10,24H,11-14H2. The molecule has 2 aliphatic rings. The maximum absolute atomic E-state index is 10.3. The summed E-state index contributed by atoms with van der Waals surface area (Å²) in [6, 6.07) is 18.5. The zero-order valence-electron chi connectivity index (χ0n) is 13.5. The third-order valence-corrected chi connectivity index (χ3v) is 5.68. The minimum Gasteiger partial charge on any atom is -0.507 e. The number of hydrogen-bond donors (Lipinski definition) is 1. The minimum atomic E-state index is 0.300. The van der Waals surface area contributed by atoms with E-state index in [1.807, 2.05) is 24.4 Å². The fraction of sp³-hybridized carbons (Fsp3) is 0.227. The van der Waals surface area contributed by atoms with Crippen molar-refractivity contribution in [2.75, 3.05) is 0 Å². The molecule has 2 nitrogen and oxygen atoms in total. The van der Waals surface area contributed by atoms with Gasteiger partial charge in [-0.1, -0.05) is 36.4 Å². The lowest BCUT2D eigenvalue weighted by atomic mass is 9.81. The molecule has 24 heavy (non-hydrogen) atoms. The van der Waals surface area contributed by atoms with Crippen LogP contribution in [0.3, 0.4) is 0 Å². The Morgan fingerprint density at radius 1 is 0.750 bits per heavy atom. The molecule has 0 unspecified atom stereocenters. The molecule has 2 aliphatic carbocycles. The fourth-order valence-electron chi connectivity index (χ4n) is 4.67. The number of rotatable bonds is 1. The maximum Gasteiger partial charge on any atom is 0.124 e. The minimum absolute atomic E-state index is 0.300. The molecule has 0 saturated carbocycles. The van der Waals surface area contributed by atoms with Crippen molar-refractivity contribution in [1.82, 2.24) is 4.98 Å². The summed E-state index contributed by atoms with van der Waals surface area (Å²) in [5, 5.41) is 10.3. The number of nitrogens with zero attached hydrogens (tertiary/aromatic N) is 1. The van der Waals surface area contributed by atoms with Gasteiger partial charge < -0.3 is 5.11 Å². The molecule has 2 aromatic carbocycles. The highest BCUT2D eigenvalue weighted by Gasteiger charge is 2.43. The maximum atomic E-state index is 10.3. The van der Waals surface area contributed by atoms with Crippen LogP contribution in [0.4, 0.5) is 0 Å². The number of benzene rings is 2. The zero-order valence-corrected chi connectivity index (χ0v) is 13.5. The normalized spacial score (nSPS) is 17.0. The van der Waals surface area contributed by atoms with Crippen molar-refractivity contribution in [1.29, 1.82) is 0 Å². The van der Waals surface area contributed by atoms with E-state index in [4.69, 9.17) is 0 Å². The van der Waals surface area contributed by atoms with Crippen molar-refractivity contribution >= 4 is 0 Å². The zero-order chi connectivity index (χ0) is 16.1. The average molecular weight is 313 g/mol. The van der Waals surface area contributed by atoms with Gasteiger partial charge in [0.15, 0.2) is 0 Å². The molecule has 0 amide bonds. The molecule has 2 heteroatoms. The van der Waals surface area contributed by atoms with Gasteiger partial charge in [-0.3, -0.25) is 4.98 Å². The van der Waals surface area contributed by atoms with E-state index in [2.05, 4.69) is 35.3 Å². The highest BCUT2D eigenvalue weighted by molar-refractivity contribution is 5.71. The van der Waals surface area contributed by atoms with E-state index >= 15 is 0 Å². The SMILES string of the molecule is Oc1ccccc1-c1nccc2c1CC1(Cc3ccccc3C1)C2. The van der Waals surface area contributed by atoms with E-state index in [1.54, 1.807) is 6.07 Å². The molecule has 0 bridgehead atoms. The largest absolute Gasteiger partial charge is 0.507 e. The summed E-state index contributed by atoms with van der Waals surface area (Å²) in [6.07, 6.45) is 6.35. The van der Waals surface area contributed by atoms with Gasteiger partial charge in [0.1, 0.15) is 5.75 Å². The molecular formula is C22H19NO. The van der Waals surface area contributed by atoms with Gasteiger partial charge in [0.05, 0.1) is 5.69 Å². The Morgan fingerprint density at radius 3 is 2.17 bits per heavy atom. The van der Waals surface area contributed by atoms with Gasteiger partial charge >= 0.3 is 0 Å². The van der Waals surface area contributed by atoms with E-state index in [0.29, 0.717) is 11.2 Å². The van der Waals surface area contributed by atoms with Crippen molar-refractivity contribution in [3.8, 4) is 17.0 Å². The van der Waals surface area contributed by atoms with Gasteiger partial charge in [0.25, 0.3) is 0 Å². The number of hydrogen-bond acceptors (Lipinski definition) is 2. The monoisotopic (exact) mass is 313 g/mol. The Kier molecular flexibility index (Phi) is 2.84. The Balaban J connectivity index is 1.57. The summed E-state index contributed by atoms with van der Waals surface area (Å²) in [5.74, 6) is 0.314. The quantitative estimate of drug-likeness (QED) is 0.725. The molecule has 1 spiro atoms. The lowest BCUT2D eigenvalue weighted by Gasteiger charge is -2.22. The first-order valence-electron chi connectivity index (χ1n) is 8.56. The molecule has 1 aromatic heterocycles. The van der Waals surface area contributed by atoms with Gasteiger partial charge in [0.2, 0.25) is 0 Å². The molecule has 1 N–H and O–H groups in total. The van der Waals surface area contributed by atoms with Gasteiger partial charge in [-0.15, -0.1) is 0 Å². The predicted molar refractivity (Wildman–Crippen MR) is 95.0 cm³/mol.